The summed E-state index contributed by atoms with van der Waals surface area (Å²) >= 11 is 0. The van der Waals surface area contributed by atoms with Crippen molar-refractivity contribution in [3.05, 3.63) is 29.8 Å². The second-order valence-corrected chi connectivity index (χ2v) is 5.36. The zero-order valence-corrected chi connectivity index (χ0v) is 11.6. The molecule has 1 aromatic carbocycles. The Labute approximate surface area is 114 Å². The van der Waals surface area contributed by atoms with E-state index in [2.05, 4.69) is 12.2 Å². The zero-order valence-electron chi connectivity index (χ0n) is 11.6. The van der Waals surface area contributed by atoms with Crippen molar-refractivity contribution >= 4 is 11.7 Å². The summed E-state index contributed by atoms with van der Waals surface area (Å²) in [6, 6.07) is 7.31. The number of aliphatic hydroxyl groups is 1. The molecule has 1 saturated heterocycles. The molecule has 104 valence electrons. The Morgan fingerprint density at radius 2 is 2.00 bits per heavy atom. The first-order chi connectivity index (χ1) is 9.08. The molecule has 2 amide bonds. The van der Waals surface area contributed by atoms with Gasteiger partial charge in [0.2, 0.25) is 0 Å². The second kappa shape index (κ2) is 6.06. The minimum absolute atomic E-state index is 0.0694. The predicted octanol–water partition coefficient (Wildman–Crippen LogP) is 3.00. The quantitative estimate of drug-likeness (QED) is 0.860. The average Bonchev–Trinajstić information content (AvgIpc) is 2.39. The molecule has 1 unspecified atom stereocenters. The zero-order chi connectivity index (χ0) is 13.8. The van der Waals surface area contributed by atoms with Crippen LogP contribution in [-0.4, -0.2) is 29.1 Å². The molecule has 1 heterocycles. The molecule has 0 spiro atoms. The summed E-state index contributed by atoms with van der Waals surface area (Å²) < 4.78 is 0. The maximum absolute atomic E-state index is 12.2. The monoisotopic (exact) mass is 262 g/mol. The highest BCUT2D eigenvalue weighted by atomic mass is 16.3. The van der Waals surface area contributed by atoms with E-state index < -0.39 is 6.10 Å². The number of amides is 2. The SMILES string of the molecule is CC1CCN(C(=O)Nc2ccccc2C(C)O)CC1. The molecule has 2 N–H and O–H groups in total. The molecule has 4 nitrogen and oxygen atoms in total. The van der Waals surface area contributed by atoms with Crippen molar-refractivity contribution in [2.45, 2.75) is 32.8 Å². The lowest BCUT2D eigenvalue weighted by atomic mass is 10.00. The van der Waals surface area contributed by atoms with Gasteiger partial charge in [0.05, 0.1) is 6.10 Å². The Morgan fingerprint density at radius 3 is 2.63 bits per heavy atom. The highest BCUT2D eigenvalue weighted by molar-refractivity contribution is 5.90. The van der Waals surface area contributed by atoms with Crippen molar-refractivity contribution in [2.24, 2.45) is 5.92 Å². The number of rotatable bonds is 2. The number of likely N-dealkylation sites (tertiary alicyclic amines) is 1. The van der Waals surface area contributed by atoms with Gasteiger partial charge in [-0.25, -0.2) is 4.79 Å². The first kappa shape index (κ1) is 13.9. The summed E-state index contributed by atoms with van der Waals surface area (Å²) in [5.74, 6) is 0.703. The molecule has 4 heteroatoms. The smallest absolute Gasteiger partial charge is 0.321 e. The van der Waals surface area contributed by atoms with Crippen LogP contribution in [0.4, 0.5) is 10.5 Å². The van der Waals surface area contributed by atoms with Crippen LogP contribution in [-0.2, 0) is 0 Å². The van der Waals surface area contributed by atoms with Gasteiger partial charge in [-0.05, 0) is 31.7 Å². The fourth-order valence-electron chi connectivity index (χ4n) is 2.38. The number of urea groups is 1. The van der Waals surface area contributed by atoms with E-state index in [4.69, 9.17) is 0 Å². The van der Waals surface area contributed by atoms with Gasteiger partial charge in [-0.2, -0.15) is 0 Å². The van der Waals surface area contributed by atoms with Crippen molar-refractivity contribution < 1.29 is 9.90 Å². The van der Waals surface area contributed by atoms with Gasteiger partial charge in [-0.3, -0.25) is 0 Å². The number of para-hydroxylation sites is 1. The van der Waals surface area contributed by atoms with E-state index in [1.807, 2.05) is 29.2 Å². The lowest BCUT2D eigenvalue weighted by Crippen LogP contribution is -2.40. The van der Waals surface area contributed by atoms with Crippen LogP contribution in [0.15, 0.2) is 24.3 Å². The van der Waals surface area contributed by atoms with Crippen LogP contribution in [0.2, 0.25) is 0 Å². The molecular formula is C15H22N2O2. The number of anilines is 1. The number of benzene rings is 1. The van der Waals surface area contributed by atoms with Crippen LogP contribution in [0.5, 0.6) is 0 Å². The molecule has 0 saturated carbocycles. The third-order valence-corrected chi connectivity index (χ3v) is 3.72. The highest BCUT2D eigenvalue weighted by Crippen LogP contribution is 2.23. The Kier molecular flexibility index (Phi) is 4.43. The third kappa shape index (κ3) is 3.47. The number of hydrogen-bond donors (Lipinski definition) is 2. The molecule has 0 aliphatic carbocycles. The number of carbonyl (C=O) groups is 1. The largest absolute Gasteiger partial charge is 0.389 e. The number of nitrogens with one attached hydrogen (secondary N) is 1. The highest BCUT2D eigenvalue weighted by Gasteiger charge is 2.21. The first-order valence-corrected chi connectivity index (χ1v) is 6.91. The average molecular weight is 262 g/mol. The van der Waals surface area contributed by atoms with Crippen LogP contribution in [0, 0.1) is 5.92 Å². The maximum atomic E-state index is 12.2. The lowest BCUT2D eigenvalue weighted by molar-refractivity contribution is 0.186. The van der Waals surface area contributed by atoms with E-state index in [9.17, 15) is 9.90 Å². The minimum atomic E-state index is -0.585. The van der Waals surface area contributed by atoms with Gasteiger partial charge in [0.1, 0.15) is 0 Å². The summed E-state index contributed by atoms with van der Waals surface area (Å²) in [5, 5.41) is 12.6. The van der Waals surface area contributed by atoms with Crippen molar-refractivity contribution in [2.75, 3.05) is 18.4 Å². The van der Waals surface area contributed by atoms with E-state index in [1.54, 1.807) is 6.92 Å². The molecule has 19 heavy (non-hydrogen) atoms. The van der Waals surface area contributed by atoms with E-state index in [0.29, 0.717) is 11.6 Å². The molecule has 2 rings (SSSR count). The van der Waals surface area contributed by atoms with E-state index in [-0.39, 0.29) is 6.03 Å². The van der Waals surface area contributed by atoms with E-state index in [0.717, 1.165) is 31.5 Å². The van der Waals surface area contributed by atoms with Crippen molar-refractivity contribution in [3.63, 3.8) is 0 Å². The molecule has 1 aliphatic heterocycles. The molecule has 0 bridgehead atoms. The van der Waals surface area contributed by atoms with Gasteiger partial charge in [0.15, 0.2) is 0 Å². The van der Waals surface area contributed by atoms with Gasteiger partial charge in [-0.15, -0.1) is 0 Å². The molecule has 1 aromatic rings. The first-order valence-electron chi connectivity index (χ1n) is 6.91. The van der Waals surface area contributed by atoms with Gasteiger partial charge >= 0.3 is 6.03 Å². The minimum Gasteiger partial charge on any atom is -0.389 e. The predicted molar refractivity (Wildman–Crippen MR) is 76.1 cm³/mol. The van der Waals surface area contributed by atoms with Crippen LogP contribution in [0.3, 0.4) is 0 Å². The third-order valence-electron chi connectivity index (χ3n) is 3.72. The fourth-order valence-corrected chi connectivity index (χ4v) is 2.38. The summed E-state index contributed by atoms with van der Waals surface area (Å²) in [4.78, 5) is 14.0. The number of piperidine rings is 1. The van der Waals surface area contributed by atoms with Gasteiger partial charge < -0.3 is 15.3 Å². The molecule has 0 aromatic heterocycles. The summed E-state index contributed by atoms with van der Waals surface area (Å²) in [7, 11) is 0. The van der Waals surface area contributed by atoms with E-state index in [1.165, 1.54) is 0 Å². The van der Waals surface area contributed by atoms with Crippen LogP contribution < -0.4 is 5.32 Å². The molecular weight excluding hydrogens is 240 g/mol. The summed E-state index contributed by atoms with van der Waals surface area (Å²) in [6.07, 6.45) is 1.54. The molecule has 0 radical (unpaired) electrons. The van der Waals surface area contributed by atoms with Gasteiger partial charge in [0, 0.05) is 24.3 Å². The Hall–Kier alpha value is -1.55. The van der Waals surface area contributed by atoms with Crippen molar-refractivity contribution in [3.8, 4) is 0 Å². The standard InChI is InChI=1S/C15H22N2O2/c1-11-7-9-17(10-8-11)15(19)16-14-6-4-3-5-13(14)12(2)18/h3-6,11-12,18H,7-10H2,1-2H3,(H,16,19). The lowest BCUT2D eigenvalue weighted by Gasteiger charge is -2.30. The number of carbonyl (C=O) groups excluding carboxylic acids is 1. The Morgan fingerprint density at radius 1 is 1.37 bits per heavy atom. The maximum Gasteiger partial charge on any atom is 0.321 e. The normalized spacial score (nSPS) is 18.2. The topological polar surface area (TPSA) is 52.6 Å². The second-order valence-electron chi connectivity index (χ2n) is 5.36. The van der Waals surface area contributed by atoms with E-state index >= 15 is 0 Å². The molecule has 1 atom stereocenters. The fraction of sp³-hybridized carbons (Fsp3) is 0.533. The Bertz CT molecular complexity index is 438. The van der Waals surface area contributed by atoms with Crippen LogP contribution in [0.1, 0.15) is 38.4 Å². The summed E-state index contributed by atoms with van der Waals surface area (Å²) in [5.41, 5.74) is 1.45. The number of hydrogen-bond acceptors (Lipinski definition) is 2. The van der Waals surface area contributed by atoms with Gasteiger partial charge in [-0.1, -0.05) is 25.1 Å². The van der Waals surface area contributed by atoms with Crippen LogP contribution in [0.25, 0.3) is 0 Å². The van der Waals surface area contributed by atoms with Crippen molar-refractivity contribution in [1.29, 1.82) is 0 Å². The Balaban J connectivity index is 2.03. The summed E-state index contributed by atoms with van der Waals surface area (Å²) in [6.45, 7) is 5.54. The number of nitrogens with zero attached hydrogens (tertiary/aromatic N) is 1. The molecule has 1 fully saturated rings. The molecule has 1 aliphatic rings. The van der Waals surface area contributed by atoms with Gasteiger partial charge in [0.25, 0.3) is 0 Å². The van der Waals surface area contributed by atoms with Crippen LogP contribution >= 0.6 is 0 Å². The number of aliphatic hydroxyl groups excluding tert-OH is 1. The van der Waals surface area contributed by atoms with Crippen molar-refractivity contribution in [1.82, 2.24) is 4.90 Å².